The Bertz CT molecular complexity index is 371. The third-order valence-corrected chi connectivity index (χ3v) is 3.87. The average Bonchev–Trinajstić information content (AvgIpc) is 2.49. The van der Waals surface area contributed by atoms with Crippen LogP contribution in [0.5, 0.6) is 0 Å². The fourth-order valence-corrected chi connectivity index (χ4v) is 2.91. The van der Waals surface area contributed by atoms with Crippen molar-refractivity contribution in [2.45, 2.75) is 18.9 Å². The van der Waals surface area contributed by atoms with Gasteiger partial charge in [0.15, 0.2) is 0 Å². The smallest absolute Gasteiger partial charge is 0.0920 e. The molecular weight excluding hydrogens is 208 g/mol. The van der Waals surface area contributed by atoms with Crippen LogP contribution < -0.4 is 5.73 Å². The number of nitrogens with two attached hydrogens (primary N) is 1. The quantitative estimate of drug-likeness (QED) is 0.724. The number of allylic oxidation sites excluding steroid dienone is 4. The molecule has 0 saturated heterocycles. The molecule has 0 amide bonds. The highest BCUT2D eigenvalue weighted by Gasteiger charge is 2.24. The van der Waals surface area contributed by atoms with Gasteiger partial charge in [-0.15, -0.1) is 0 Å². The van der Waals surface area contributed by atoms with E-state index in [1.165, 1.54) is 5.57 Å². The molecule has 0 radical (unpaired) electrons. The zero-order valence-electron chi connectivity index (χ0n) is 8.85. The van der Waals surface area contributed by atoms with Crippen molar-refractivity contribution < 1.29 is 4.21 Å². The van der Waals surface area contributed by atoms with E-state index in [0.717, 1.165) is 25.1 Å². The topological polar surface area (TPSA) is 46.3 Å². The minimum Gasteiger partial charge on any atom is -0.400 e. The Kier molecular flexibility index (Phi) is 3.07. The second-order valence-corrected chi connectivity index (χ2v) is 5.20. The molecule has 2 aliphatic rings. The van der Waals surface area contributed by atoms with Gasteiger partial charge in [0.05, 0.1) is 17.0 Å². The maximum Gasteiger partial charge on any atom is 0.0920 e. The van der Waals surface area contributed by atoms with Crippen LogP contribution in [0.25, 0.3) is 0 Å². The van der Waals surface area contributed by atoms with Gasteiger partial charge < -0.3 is 5.73 Å². The normalized spacial score (nSPS) is 28.7. The molecule has 0 aromatic rings. The van der Waals surface area contributed by atoms with Crippen molar-refractivity contribution in [1.29, 1.82) is 0 Å². The molecule has 2 N–H and O–H groups in total. The van der Waals surface area contributed by atoms with E-state index >= 15 is 0 Å². The third-order valence-electron chi connectivity index (χ3n) is 2.80. The van der Waals surface area contributed by atoms with Crippen molar-refractivity contribution in [3.8, 4) is 0 Å². The van der Waals surface area contributed by atoms with Gasteiger partial charge in [-0.3, -0.25) is 0 Å². The van der Waals surface area contributed by atoms with Gasteiger partial charge >= 0.3 is 0 Å². The SMILES string of the molecule is CS(=O)N1CCCC2=CC1C(N)=CC=C2. The minimum absolute atomic E-state index is 0.00309. The number of rotatable bonds is 1. The molecule has 2 unspecified atom stereocenters. The van der Waals surface area contributed by atoms with E-state index in [4.69, 9.17) is 5.73 Å². The third kappa shape index (κ3) is 2.21. The molecule has 2 atom stereocenters. The first kappa shape index (κ1) is 10.6. The first-order valence-corrected chi connectivity index (χ1v) is 6.64. The Morgan fingerprint density at radius 3 is 3.13 bits per heavy atom. The standard InChI is InChI=1S/C11H16N2OS/c1-15(14)13-7-3-5-9-4-2-6-10(12)11(13)8-9/h2,4,6,8,11H,3,5,7,12H2,1H3. The number of fused-ring (bicyclic) bond motifs is 1. The predicted octanol–water partition coefficient (Wildman–Crippen LogP) is 1.08. The van der Waals surface area contributed by atoms with Crippen LogP contribution in [0.15, 0.2) is 35.6 Å². The second-order valence-electron chi connectivity index (χ2n) is 3.88. The average molecular weight is 224 g/mol. The predicted molar refractivity (Wildman–Crippen MR) is 63.3 cm³/mol. The van der Waals surface area contributed by atoms with Gasteiger partial charge in [-0.2, -0.15) is 0 Å². The highest BCUT2D eigenvalue weighted by Crippen LogP contribution is 2.23. The zero-order chi connectivity index (χ0) is 10.8. The summed E-state index contributed by atoms with van der Waals surface area (Å²) >= 11 is 0. The Morgan fingerprint density at radius 2 is 2.40 bits per heavy atom. The van der Waals surface area contributed by atoms with Crippen LogP contribution in [0.1, 0.15) is 12.8 Å². The van der Waals surface area contributed by atoms with Crippen molar-refractivity contribution in [3.05, 3.63) is 35.6 Å². The Balaban J connectivity index is 2.36. The first-order valence-electron chi connectivity index (χ1n) is 5.13. The number of nitrogens with zero attached hydrogens (tertiary/aromatic N) is 1. The Labute approximate surface area is 92.9 Å². The van der Waals surface area contributed by atoms with Crippen LogP contribution in [0.3, 0.4) is 0 Å². The van der Waals surface area contributed by atoms with Crippen molar-refractivity contribution in [2.75, 3.05) is 12.8 Å². The largest absolute Gasteiger partial charge is 0.400 e. The molecule has 0 aromatic heterocycles. The van der Waals surface area contributed by atoms with E-state index in [1.54, 1.807) is 6.26 Å². The fraction of sp³-hybridized carbons (Fsp3) is 0.455. The number of hydrogen-bond donors (Lipinski definition) is 1. The maximum absolute atomic E-state index is 11.6. The molecular formula is C11H16N2OS. The van der Waals surface area contributed by atoms with E-state index in [9.17, 15) is 4.21 Å². The van der Waals surface area contributed by atoms with Gasteiger partial charge in [-0.1, -0.05) is 18.2 Å². The molecule has 1 aliphatic heterocycles. The van der Waals surface area contributed by atoms with Gasteiger partial charge in [0.2, 0.25) is 0 Å². The van der Waals surface area contributed by atoms with Gasteiger partial charge in [0, 0.05) is 18.5 Å². The maximum atomic E-state index is 11.6. The fourth-order valence-electron chi connectivity index (χ4n) is 2.02. The highest BCUT2D eigenvalue weighted by atomic mass is 32.2. The summed E-state index contributed by atoms with van der Waals surface area (Å²) in [5.74, 6) is 0. The van der Waals surface area contributed by atoms with Gasteiger partial charge in [-0.05, 0) is 24.5 Å². The molecule has 0 saturated carbocycles. The van der Waals surface area contributed by atoms with Gasteiger partial charge in [0.25, 0.3) is 0 Å². The molecule has 4 heteroatoms. The van der Waals surface area contributed by atoms with Crippen molar-refractivity contribution >= 4 is 11.0 Å². The van der Waals surface area contributed by atoms with Crippen molar-refractivity contribution in [2.24, 2.45) is 5.73 Å². The van der Waals surface area contributed by atoms with Crippen LogP contribution in [0.4, 0.5) is 0 Å². The van der Waals surface area contributed by atoms with E-state index in [-0.39, 0.29) is 6.04 Å². The Hall–Kier alpha value is -0.870. The molecule has 2 rings (SSSR count). The van der Waals surface area contributed by atoms with E-state index in [2.05, 4.69) is 12.2 Å². The molecule has 1 heterocycles. The van der Waals surface area contributed by atoms with Crippen molar-refractivity contribution in [1.82, 2.24) is 4.31 Å². The highest BCUT2D eigenvalue weighted by molar-refractivity contribution is 7.81. The molecule has 2 bridgehead atoms. The number of hydrogen-bond acceptors (Lipinski definition) is 2. The molecule has 1 aliphatic carbocycles. The van der Waals surface area contributed by atoms with Crippen LogP contribution in [0, 0.1) is 0 Å². The molecule has 0 spiro atoms. The van der Waals surface area contributed by atoms with Gasteiger partial charge in [0.1, 0.15) is 0 Å². The second kappa shape index (κ2) is 4.33. The molecule has 0 aromatic carbocycles. The Morgan fingerprint density at radius 1 is 1.60 bits per heavy atom. The summed E-state index contributed by atoms with van der Waals surface area (Å²) in [5.41, 5.74) is 8.04. The summed E-state index contributed by atoms with van der Waals surface area (Å²) in [6.07, 6.45) is 11.9. The minimum atomic E-state index is -0.962. The summed E-state index contributed by atoms with van der Waals surface area (Å²) in [5, 5.41) is 0. The van der Waals surface area contributed by atoms with Crippen LogP contribution in [0.2, 0.25) is 0 Å². The molecule has 82 valence electrons. The van der Waals surface area contributed by atoms with E-state index in [1.807, 2.05) is 16.5 Å². The van der Waals surface area contributed by atoms with Crippen molar-refractivity contribution in [3.63, 3.8) is 0 Å². The summed E-state index contributed by atoms with van der Waals surface area (Å²) in [6, 6.07) is 0.00309. The molecule has 3 nitrogen and oxygen atoms in total. The van der Waals surface area contributed by atoms with E-state index in [0.29, 0.717) is 0 Å². The lowest BCUT2D eigenvalue weighted by Gasteiger charge is -2.25. The van der Waals surface area contributed by atoms with Crippen LogP contribution >= 0.6 is 0 Å². The summed E-state index contributed by atoms with van der Waals surface area (Å²) < 4.78 is 13.6. The summed E-state index contributed by atoms with van der Waals surface area (Å²) in [4.78, 5) is 0. The van der Waals surface area contributed by atoms with Gasteiger partial charge in [-0.25, -0.2) is 8.51 Å². The summed E-state index contributed by atoms with van der Waals surface area (Å²) in [7, 11) is -0.962. The molecule has 0 fully saturated rings. The lowest BCUT2D eigenvalue weighted by molar-refractivity contribution is 0.421. The summed E-state index contributed by atoms with van der Waals surface area (Å²) in [6.45, 7) is 0.843. The van der Waals surface area contributed by atoms with Crippen LogP contribution in [-0.4, -0.2) is 27.4 Å². The first-order chi connectivity index (χ1) is 7.18. The van der Waals surface area contributed by atoms with Crippen LogP contribution in [-0.2, 0) is 11.0 Å². The lowest BCUT2D eigenvalue weighted by Crippen LogP contribution is -2.38. The zero-order valence-corrected chi connectivity index (χ0v) is 9.67. The lowest BCUT2D eigenvalue weighted by atomic mass is 10.1. The molecule has 15 heavy (non-hydrogen) atoms. The van der Waals surface area contributed by atoms with E-state index < -0.39 is 11.0 Å². The monoisotopic (exact) mass is 224 g/mol.